The Labute approximate surface area is 120 Å². The Hall–Kier alpha value is -1.33. The summed E-state index contributed by atoms with van der Waals surface area (Å²) in [4.78, 5) is 25.4. The molecule has 2 heterocycles. The van der Waals surface area contributed by atoms with Gasteiger partial charge in [0.1, 0.15) is 0 Å². The third-order valence-electron chi connectivity index (χ3n) is 3.07. The largest absolute Gasteiger partial charge is 0.481 e. The highest BCUT2D eigenvalue weighted by atomic mass is 35.5. The number of hydrogen-bond donors (Lipinski definition) is 1. The fourth-order valence-electron chi connectivity index (χ4n) is 2.06. The molecule has 1 atom stereocenters. The molecule has 1 N–H and O–H groups in total. The zero-order valence-corrected chi connectivity index (χ0v) is 11.8. The summed E-state index contributed by atoms with van der Waals surface area (Å²) in [5.41, 5.74) is 0. The maximum atomic E-state index is 12.0. The lowest BCUT2D eigenvalue weighted by Gasteiger charge is -2.29. The molecule has 1 aromatic heterocycles. The number of carbonyl (C=O) groups is 2. The summed E-state index contributed by atoms with van der Waals surface area (Å²) in [5, 5.41) is 8.98. The quantitative estimate of drug-likeness (QED) is 0.873. The van der Waals surface area contributed by atoms with Crippen molar-refractivity contribution in [3.63, 3.8) is 0 Å². The van der Waals surface area contributed by atoms with Gasteiger partial charge in [0, 0.05) is 24.0 Å². The van der Waals surface area contributed by atoms with E-state index in [1.807, 2.05) is 6.07 Å². The fourth-order valence-corrected chi connectivity index (χ4v) is 3.02. The van der Waals surface area contributed by atoms with Crippen LogP contribution >= 0.6 is 22.9 Å². The Bertz CT molecular complexity index is 512. The van der Waals surface area contributed by atoms with E-state index in [-0.39, 0.29) is 5.91 Å². The highest BCUT2D eigenvalue weighted by molar-refractivity contribution is 7.17. The van der Waals surface area contributed by atoms with E-state index < -0.39 is 11.9 Å². The molecule has 0 bridgehead atoms. The van der Waals surface area contributed by atoms with Gasteiger partial charge in [0.2, 0.25) is 5.91 Å². The Morgan fingerprint density at radius 1 is 1.47 bits per heavy atom. The minimum Gasteiger partial charge on any atom is -0.481 e. The number of nitrogens with zero attached hydrogens (tertiary/aromatic N) is 1. The molecule has 1 aliphatic heterocycles. The molecular weight excluding hydrogens is 286 g/mol. The van der Waals surface area contributed by atoms with Crippen LogP contribution in [0, 0.1) is 5.92 Å². The van der Waals surface area contributed by atoms with Gasteiger partial charge >= 0.3 is 5.97 Å². The first-order valence-corrected chi connectivity index (χ1v) is 7.21. The van der Waals surface area contributed by atoms with Crippen LogP contribution in [0.3, 0.4) is 0 Å². The predicted octanol–water partition coefficient (Wildman–Crippen LogP) is 2.74. The van der Waals surface area contributed by atoms with Crippen LogP contribution in [0.25, 0.3) is 6.08 Å². The van der Waals surface area contributed by atoms with Crippen LogP contribution < -0.4 is 0 Å². The predicted molar refractivity (Wildman–Crippen MR) is 75.3 cm³/mol. The van der Waals surface area contributed by atoms with Gasteiger partial charge in [0.05, 0.1) is 10.3 Å². The first kappa shape index (κ1) is 14.1. The molecule has 0 aliphatic carbocycles. The van der Waals surface area contributed by atoms with Gasteiger partial charge in [-0.15, -0.1) is 11.3 Å². The van der Waals surface area contributed by atoms with E-state index in [9.17, 15) is 9.59 Å². The molecule has 102 valence electrons. The second-order valence-corrected chi connectivity index (χ2v) is 6.18. The molecule has 1 amide bonds. The summed E-state index contributed by atoms with van der Waals surface area (Å²) in [7, 11) is 0. The maximum Gasteiger partial charge on any atom is 0.308 e. The van der Waals surface area contributed by atoms with E-state index in [0.717, 1.165) is 11.3 Å². The Balaban J connectivity index is 1.96. The molecule has 0 aromatic carbocycles. The monoisotopic (exact) mass is 299 g/mol. The third kappa shape index (κ3) is 3.81. The molecule has 0 radical (unpaired) electrons. The van der Waals surface area contributed by atoms with Crippen LogP contribution in [0.15, 0.2) is 18.2 Å². The number of halogens is 1. The van der Waals surface area contributed by atoms with Gasteiger partial charge in [-0.1, -0.05) is 11.6 Å². The van der Waals surface area contributed by atoms with Crippen molar-refractivity contribution in [3.8, 4) is 0 Å². The molecule has 0 spiro atoms. The summed E-state index contributed by atoms with van der Waals surface area (Å²) < 4.78 is 0.677. The van der Waals surface area contributed by atoms with Crippen molar-refractivity contribution < 1.29 is 14.7 Å². The standard InChI is InChI=1S/C13H14ClNO3S/c14-11-5-3-10(19-11)4-6-12(16)15-7-1-2-9(8-15)13(17)18/h3-6,9H,1-2,7-8H2,(H,17,18). The molecule has 6 heteroatoms. The number of rotatable bonds is 3. The Kier molecular flexibility index (Phi) is 4.61. The third-order valence-corrected chi connectivity index (χ3v) is 4.26. The van der Waals surface area contributed by atoms with E-state index in [2.05, 4.69) is 0 Å². The topological polar surface area (TPSA) is 57.6 Å². The normalized spacial score (nSPS) is 19.8. The number of carboxylic acid groups (broad SMARTS) is 1. The van der Waals surface area contributed by atoms with E-state index >= 15 is 0 Å². The van der Waals surface area contributed by atoms with Crippen molar-refractivity contribution in [1.82, 2.24) is 4.90 Å². The number of hydrogen-bond acceptors (Lipinski definition) is 3. The molecular formula is C13H14ClNO3S. The molecule has 4 nitrogen and oxygen atoms in total. The molecule has 0 saturated carbocycles. The van der Waals surface area contributed by atoms with Crippen LogP contribution in [-0.2, 0) is 9.59 Å². The molecule has 1 aromatic rings. The number of amides is 1. The highest BCUT2D eigenvalue weighted by Crippen LogP contribution is 2.23. The van der Waals surface area contributed by atoms with E-state index in [4.69, 9.17) is 16.7 Å². The smallest absolute Gasteiger partial charge is 0.308 e. The van der Waals surface area contributed by atoms with E-state index in [1.54, 1.807) is 17.0 Å². The van der Waals surface area contributed by atoms with Crippen LogP contribution in [-0.4, -0.2) is 35.0 Å². The van der Waals surface area contributed by atoms with Crippen LogP contribution in [0.4, 0.5) is 0 Å². The maximum absolute atomic E-state index is 12.0. The minimum absolute atomic E-state index is 0.143. The summed E-state index contributed by atoms with van der Waals surface area (Å²) in [6.45, 7) is 0.919. The second kappa shape index (κ2) is 6.21. The first-order chi connectivity index (χ1) is 9.06. The van der Waals surface area contributed by atoms with Gasteiger partial charge in [-0.05, 0) is 31.1 Å². The summed E-state index contributed by atoms with van der Waals surface area (Å²) in [6.07, 6.45) is 4.57. The number of piperidine rings is 1. The van der Waals surface area contributed by atoms with Crippen LogP contribution in [0.5, 0.6) is 0 Å². The summed E-state index contributed by atoms with van der Waals surface area (Å²) >= 11 is 7.20. The SMILES string of the molecule is O=C(O)C1CCCN(C(=O)C=Cc2ccc(Cl)s2)C1. The van der Waals surface area contributed by atoms with Gasteiger partial charge in [-0.3, -0.25) is 9.59 Å². The average Bonchev–Trinajstić information content (AvgIpc) is 2.82. The van der Waals surface area contributed by atoms with Crippen LogP contribution in [0.1, 0.15) is 17.7 Å². The number of likely N-dealkylation sites (tertiary alicyclic amines) is 1. The van der Waals surface area contributed by atoms with E-state index in [0.29, 0.717) is 23.8 Å². The van der Waals surface area contributed by atoms with Crippen molar-refractivity contribution in [1.29, 1.82) is 0 Å². The van der Waals surface area contributed by atoms with Crippen molar-refractivity contribution in [2.45, 2.75) is 12.8 Å². The lowest BCUT2D eigenvalue weighted by molar-refractivity contribution is -0.144. The Morgan fingerprint density at radius 3 is 2.89 bits per heavy atom. The molecule has 19 heavy (non-hydrogen) atoms. The van der Waals surface area contributed by atoms with Gasteiger partial charge in [0.25, 0.3) is 0 Å². The van der Waals surface area contributed by atoms with Crippen molar-refractivity contribution >= 4 is 40.9 Å². The number of aliphatic carboxylic acids is 1. The van der Waals surface area contributed by atoms with Crippen LogP contribution in [0.2, 0.25) is 4.34 Å². The van der Waals surface area contributed by atoms with Gasteiger partial charge in [-0.2, -0.15) is 0 Å². The number of carbonyl (C=O) groups excluding carboxylic acids is 1. The Morgan fingerprint density at radius 2 is 2.26 bits per heavy atom. The molecule has 1 aliphatic rings. The highest BCUT2D eigenvalue weighted by Gasteiger charge is 2.27. The number of thiophene rings is 1. The first-order valence-electron chi connectivity index (χ1n) is 6.01. The number of carboxylic acids is 1. The van der Waals surface area contributed by atoms with Gasteiger partial charge < -0.3 is 10.0 Å². The molecule has 2 rings (SSSR count). The zero-order valence-electron chi connectivity index (χ0n) is 10.2. The minimum atomic E-state index is -0.827. The molecule has 1 saturated heterocycles. The van der Waals surface area contributed by atoms with Crippen molar-refractivity contribution in [2.24, 2.45) is 5.92 Å². The average molecular weight is 300 g/mol. The van der Waals surface area contributed by atoms with Crippen molar-refractivity contribution in [3.05, 3.63) is 27.4 Å². The zero-order chi connectivity index (χ0) is 13.8. The van der Waals surface area contributed by atoms with Gasteiger partial charge in [-0.25, -0.2) is 0 Å². The van der Waals surface area contributed by atoms with Gasteiger partial charge in [0.15, 0.2) is 0 Å². The summed E-state index contributed by atoms with van der Waals surface area (Å²) in [5.74, 6) is -1.41. The lowest BCUT2D eigenvalue weighted by atomic mass is 9.98. The fraction of sp³-hybridized carbons (Fsp3) is 0.385. The molecule has 1 unspecified atom stereocenters. The lowest BCUT2D eigenvalue weighted by Crippen LogP contribution is -2.41. The van der Waals surface area contributed by atoms with Crippen molar-refractivity contribution in [2.75, 3.05) is 13.1 Å². The van der Waals surface area contributed by atoms with E-state index in [1.165, 1.54) is 17.4 Å². The second-order valence-electron chi connectivity index (χ2n) is 4.44. The molecule has 1 fully saturated rings. The summed E-state index contributed by atoms with van der Waals surface area (Å²) in [6, 6.07) is 3.62.